The molecule has 0 saturated heterocycles. The zero-order valence-corrected chi connectivity index (χ0v) is 6.35. The van der Waals surface area contributed by atoms with Gasteiger partial charge in [-0.15, -0.1) is 0 Å². The third-order valence-electron chi connectivity index (χ3n) is 2.46. The Kier molecular flexibility index (Phi) is 1.30. The van der Waals surface area contributed by atoms with Crippen LogP contribution in [-0.4, -0.2) is 4.98 Å². The van der Waals surface area contributed by atoms with E-state index in [4.69, 9.17) is 0 Å². The predicted molar refractivity (Wildman–Crippen MR) is 42.1 cm³/mol. The number of aromatic nitrogens is 1. The highest BCUT2D eigenvalue weighted by Gasteiger charge is 2.15. The molecule has 1 heterocycles. The van der Waals surface area contributed by atoms with Crippen molar-refractivity contribution in [3.05, 3.63) is 23.5 Å². The van der Waals surface area contributed by atoms with Gasteiger partial charge in [-0.05, 0) is 36.8 Å². The zero-order chi connectivity index (χ0) is 6.97. The van der Waals surface area contributed by atoms with Gasteiger partial charge in [0.05, 0.1) is 0 Å². The summed E-state index contributed by atoms with van der Waals surface area (Å²) in [6.45, 7) is 2.31. The lowest BCUT2D eigenvalue weighted by Gasteiger charge is -2.17. The van der Waals surface area contributed by atoms with E-state index in [9.17, 15) is 0 Å². The van der Waals surface area contributed by atoms with Crippen molar-refractivity contribution < 1.29 is 0 Å². The number of hydrogen-bond acceptors (Lipinski definition) is 0. The summed E-state index contributed by atoms with van der Waals surface area (Å²) < 4.78 is 0. The number of H-pyrrole nitrogens is 1. The second-order valence-corrected chi connectivity index (χ2v) is 3.20. The Morgan fingerprint density at radius 3 is 3.30 bits per heavy atom. The molecule has 1 aromatic heterocycles. The van der Waals surface area contributed by atoms with Crippen LogP contribution in [-0.2, 0) is 6.42 Å². The molecule has 0 radical (unpaired) electrons. The molecule has 0 fully saturated rings. The molecule has 0 bridgehead atoms. The van der Waals surface area contributed by atoms with Crippen molar-refractivity contribution in [2.24, 2.45) is 0 Å². The molecule has 10 heavy (non-hydrogen) atoms. The first-order chi connectivity index (χ1) is 4.88. The van der Waals surface area contributed by atoms with E-state index >= 15 is 0 Å². The maximum absolute atomic E-state index is 3.29. The highest BCUT2D eigenvalue weighted by Crippen LogP contribution is 2.29. The molecule has 0 spiro atoms. The third-order valence-corrected chi connectivity index (χ3v) is 2.46. The van der Waals surface area contributed by atoms with E-state index in [-0.39, 0.29) is 0 Å². The van der Waals surface area contributed by atoms with Crippen molar-refractivity contribution >= 4 is 0 Å². The van der Waals surface area contributed by atoms with Gasteiger partial charge in [-0.2, -0.15) is 0 Å². The minimum absolute atomic E-state index is 0.787. The second-order valence-electron chi connectivity index (χ2n) is 3.20. The minimum atomic E-state index is 0.787. The van der Waals surface area contributed by atoms with Crippen LogP contribution in [0, 0.1) is 0 Å². The summed E-state index contributed by atoms with van der Waals surface area (Å²) in [5.74, 6) is 0.787. The number of hydrogen-bond donors (Lipinski definition) is 1. The maximum Gasteiger partial charge on any atom is 0.0182 e. The van der Waals surface area contributed by atoms with Crippen LogP contribution in [0.15, 0.2) is 12.3 Å². The summed E-state index contributed by atoms with van der Waals surface area (Å²) in [5.41, 5.74) is 3.02. The van der Waals surface area contributed by atoms with Gasteiger partial charge in [-0.1, -0.05) is 6.92 Å². The molecule has 1 nitrogen and oxygen atoms in total. The summed E-state index contributed by atoms with van der Waals surface area (Å²) in [6.07, 6.45) is 6.04. The number of nitrogens with one attached hydrogen (secondary N) is 1. The first kappa shape index (κ1) is 6.02. The van der Waals surface area contributed by atoms with E-state index in [1.165, 1.54) is 25.0 Å². The Morgan fingerprint density at radius 2 is 2.50 bits per heavy atom. The molecular weight excluding hydrogens is 122 g/mol. The van der Waals surface area contributed by atoms with Gasteiger partial charge in [0.25, 0.3) is 0 Å². The van der Waals surface area contributed by atoms with Gasteiger partial charge >= 0.3 is 0 Å². The van der Waals surface area contributed by atoms with Crippen LogP contribution in [0.4, 0.5) is 0 Å². The normalized spacial score (nSPS) is 24.3. The molecule has 0 aliphatic heterocycles. The molecule has 1 atom stereocenters. The molecule has 2 rings (SSSR count). The van der Waals surface area contributed by atoms with Gasteiger partial charge in [-0.3, -0.25) is 0 Å². The lowest BCUT2D eigenvalue weighted by molar-refractivity contribution is 0.586. The highest BCUT2D eigenvalue weighted by molar-refractivity contribution is 5.26. The van der Waals surface area contributed by atoms with Crippen molar-refractivity contribution in [2.75, 3.05) is 0 Å². The van der Waals surface area contributed by atoms with Crippen LogP contribution >= 0.6 is 0 Å². The Bertz CT molecular complexity index is 224. The van der Waals surface area contributed by atoms with Gasteiger partial charge in [0.15, 0.2) is 0 Å². The Balaban J connectivity index is 2.41. The number of fused-ring (bicyclic) bond motifs is 1. The predicted octanol–water partition coefficient (Wildman–Crippen LogP) is 2.45. The van der Waals surface area contributed by atoms with Crippen molar-refractivity contribution in [2.45, 2.75) is 32.1 Å². The average molecular weight is 135 g/mol. The molecule has 0 aromatic carbocycles. The van der Waals surface area contributed by atoms with Gasteiger partial charge < -0.3 is 4.98 Å². The highest BCUT2D eigenvalue weighted by atomic mass is 14.7. The van der Waals surface area contributed by atoms with Gasteiger partial charge in [0, 0.05) is 11.9 Å². The van der Waals surface area contributed by atoms with Crippen molar-refractivity contribution in [3.8, 4) is 0 Å². The van der Waals surface area contributed by atoms with Crippen LogP contribution in [0.1, 0.15) is 36.9 Å². The van der Waals surface area contributed by atoms with E-state index in [0.29, 0.717) is 0 Å². The molecule has 1 aliphatic carbocycles. The SMILES string of the molecule is CC1CCCc2[nH]ccc21. The summed E-state index contributed by atoms with van der Waals surface area (Å²) in [7, 11) is 0. The monoisotopic (exact) mass is 135 g/mol. The van der Waals surface area contributed by atoms with Gasteiger partial charge in [0.2, 0.25) is 0 Å². The lowest BCUT2D eigenvalue weighted by Crippen LogP contribution is -2.04. The quantitative estimate of drug-likeness (QED) is 0.562. The lowest BCUT2D eigenvalue weighted by atomic mass is 9.89. The number of rotatable bonds is 0. The molecule has 0 saturated carbocycles. The molecule has 1 unspecified atom stereocenters. The molecule has 1 aromatic rings. The summed E-state index contributed by atoms with van der Waals surface area (Å²) in [4.78, 5) is 3.29. The molecular formula is C9H13N. The van der Waals surface area contributed by atoms with Gasteiger partial charge in [-0.25, -0.2) is 0 Å². The smallest absolute Gasteiger partial charge is 0.0182 e. The standard InChI is InChI=1S/C9H13N/c1-7-3-2-4-9-8(7)5-6-10-9/h5-7,10H,2-4H2,1H3. The molecule has 0 amide bonds. The maximum atomic E-state index is 3.29. The van der Waals surface area contributed by atoms with E-state index in [0.717, 1.165) is 5.92 Å². The fraction of sp³-hybridized carbons (Fsp3) is 0.556. The summed E-state index contributed by atoms with van der Waals surface area (Å²) >= 11 is 0. The van der Waals surface area contributed by atoms with E-state index < -0.39 is 0 Å². The first-order valence-corrected chi connectivity index (χ1v) is 4.04. The minimum Gasteiger partial charge on any atom is -0.365 e. The summed E-state index contributed by atoms with van der Waals surface area (Å²) in [6, 6.07) is 2.22. The van der Waals surface area contributed by atoms with Crippen LogP contribution in [0.5, 0.6) is 0 Å². The van der Waals surface area contributed by atoms with Crippen molar-refractivity contribution in [1.82, 2.24) is 4.98 Å². The van der Waals surface area contributed by atoms with Crippen LogP contribution in [0.3, 0.4) is 0 Å². The number of aromatic amines is 1. The fourth-order valence-electron chi connectivity index (χ4n) is 1.83. The average Bonchev–Trinajstić information content (AvgIpc) is 2.36. The second kappa shape index (κ2) is 2.15. The first-order valence-electron chi connectivity index (χ1n) is 4.04. The van der Waals surface area contributed by atoms with Gasteiger partial charge in [0.1, 0.15) is 0 Å². The Labute approximate surface area is 61.5 Å². The molecule has 1 aliphatic rings. The molecule has 1 N–H and O–H groups in total. The van der Waals surface area contributed by atoms with Crippen LogP contribution < -0.4 is 0 Å². The molecule has 54 valence electrons. The van der Waals surface area contributed by atoms with Crippen LogP contribution in [0.2, 0.25) is 0 Å². The summed E-state index contributed by atoms with van der Waals surface area (Å²) in [5, 5.41) is 0. The Morgan fingerprint density at radius 1 is 1.60 bits per heavy atom. The fourth-order valence-corrected chi connectivity index (χ4v) is 1.83. The van der Waals surface area contributed by atoms with E-state index in [2.05, 4.69) is 24.2 Å². The van der Waals surface area contributed by atoms with Crippen molar-refractivity contribution in [3.63, 3.8) is 0 Å². The topological polar surface area (TPSA) is 15.8 Å². The van der Waals surface area contributed by atoms with Crippen LogP contribution in [0.25, 0.3) is 0 Å². The third kappa shape index (κ3) is 0.772. The zero-order valence-electron chi connectivity index (χ0n) is 6.35. The number of aryl methyl sites for hydroxylation is 1. The van der Waals surface area contributed by atoms with Crippen molar-refractivity contribution in [1.29, 1.82) is 0 Å². The largest absolute Gasteiger partial charge is 0.365 e. The van der Waals surface area contributed by atoms with E-state index in [1.54, 1.807) is 5.56 Å². The Hall–Kier alpha value is -0.720. The molecule has 1 heteroatoms. The van der Waals surface area contributed by atoms with E-state index in [1.807, 2.05) is 0 Å².